The van der Waals surface area contributed by atoms with Crippen molar-refractivity contribution in [3.05, 3.63) is 16.1 Å². The topological polar surface area (TPSA) is 24.9 Å². The molecule has 1 rings (SSSR count). The lowest BCUT2D eigenvalue weighted by Crippen LogP contribution is -2.18. The monoisotopic (exact) mass is 254 g/mol. The minimum absolute atomic E-state index is 0.301. The van der Waals surface area contributed by atoms with Crippen LogP contribution in [-0.2, 0) is 6.42 Å². The molecule has 17 heavy (non-hydrogen) atoms. The van der Waals surface area contributed by atoms with Crippen molar-refractivity contribution < 1.29 is 0 Å². The molecule has 0 saturated heterocycles. The summed E-state index contributed by atoms with van der Waals surface area (Å²) in [4.78, 5) is 4.75. The maximum Gasteiger partial charge on any atom is 0.0961 e. The number of thiazole rings is 1. The third-order valence-corrected chi connectivity index (χ3v) is 4.30. The zero-order chi connectivity index (χ0) is 12.9. The Morgan fingerprint density at radius 2 is 2.06 bits per heavy atom. The molecule has 0 amide bonds. The summed E-state index contributed by atoms with van der Waals surface area (Å²) in [6.07, 6.45) is 2.25. The second kappa shape index (κ2) is 6.50. The van der Waals surface area contributed by atoms with Gasteiger partial charge in [-0.2, -0.15) is 0 Å². The molecule has 0 aromatic carbocycles. The third kappa shape index (κ3) is 4.76. The molecule has 0 spiro atoms. The number of rotatable bonds is 6. The van der Waals surface area contributed by atoms with Gasteiger partial charge in [-0.05, 0) is 18.4 Å². The van der Waals surface area contributed by atoms with Crippen LogP contribution >= 0.6 is 11.3 Å². The van der Waals surface area contributed by atoms with Crippen LogP contribution in [-0.4, -0.2) is 18.1 Å². The molecule has 1 N–H and O–H groups in total. The predicted molar refractivity (Wildman–Crippen MR) is 76.8 cm³/mol. The van der Waals surface area contributed by atoms with E-state index in [0.717, 1.165) is 19.5 Å². The molecule has 0 saturated carbocycles. The smallest absolute Gasteiger partial charge is 0.0961 e. The Labute approximate surface area is 110 Å². The van der Waals surface area contributed by atoms with E-state index < -0.39 is 0 Å². The van der Waals surface area contributed by atoms with E-state index >= 15 is 0 Å². The van der Waals surface area contributed by atoms with Crippen molar-refractivity contribution in [1.82, 2.24) is 10.3 Å². The lowest BCUT2D eigenvalue weighted by atomic mass is 9.82. The van der Waals surface area contributed by atoms with Crippen molar-refractivity contribution in [3.8, 4) is 0 Å². The summed E-state index contributed by atoms with van der Waals surface area (Å²) < 4.78 is 0. The summed E-state index contributed by atoms with van der Waals surface area (Å²) in [5.74, 6) is 0.532. The van der Waals surface area contributed by atoms with Gasteiger partial charge in [0.15, 0.2) is 0 Å². The van der Waals surface area contributed by atoms with Gasteiger partial charge in [0, 0.05) is 24.3 Å². The van der Waals surface area contributed by atoms with Crippen molar-refractivity contribution in [2.75, 3.05) is 13.1 Å². The molecule has 98 valence electrons. The zero-order valence-corrected chi connectivity index (χ0v) is 12.7. The molecule has 1 heterocycles. The Balaban J connectivity index is 2.48. The highest BCUT2D eigenvalue weighted by molar-refractivity contribution is 7.09. The first-order valence-electron chi connectivity index (χ1n) is 6.60. The summed E-state index contributed by atoms with van der Waals surface area (Å²) in [7, 11) is 0. The fraction of sp³-hybridized carbons (Fsp3) is 0.786. The van der Waals surface area contributed by atoms with E-state index in [1.807, 2.05) is 11.3 Å². The van der Waals surface area contributed by atoms with Crippen LogP contribution in [0.25, 0.3) is 0 Å². The molecule has 0 aliphatic heterocycles. The van der Waals surface area contributed by atoms with Gasteiger partial charge in [-0.1, -0.05) is 34.6 Å². The highest BCUT2D eigenvalue weighted by Gasteiger charge is 2.24. The van der Waals surface area contributed by atoms with Crippen molar-refractivity contribution in [2.45, 2.75) is 53.4 Å². The molecule has 2 nitrogen and oxygen atoms in total. The number of nitrogens with one attached hydrogen (secondary N) is 1. The van der Waals surface area contributed by atoms with Gasteiger partial charge >= 0.3 is 0 Å². The van der Waals surface area contributed by atoms with Crippen molar-refractivity contribution in [3.63, 3.8) is 0 Å². The van der Waals surface area contributed by atoms with Crippen molar-refractivity contribution in [2.24, 2.45) is 5.41 Å². The van der Waals surface area contributed by atoms with Crippen LogP contribution < -0.4 is 5.32 Å². The Morgan fingerprint density at radius 3 is 2.65 bits per heavy atom. The third-order valence-electron chi connectivity index (χ3n) is 3.22. The minimum Gasteiger partial charge on any atom is -0.316 e. The number of nitrogens with zero attached hydrogens (tertiary/aromatic N) is 1. The van der Waals surface area contributed by atoms with Crippen LogP contribution in [0.5, 0.6) is 0 Å². The van der Waals surface area contributed by atoms with Crippen molar-refractivity contribution >= 4 is 11.3 Å². The number of hydrogen-bond acceptors (Lipinski definition) is 3. The number of aromatic nitrogens is 1. The first kappa shape index (κ1) is 14.7. The van der Waals surface area contributed by atoms with E-state index in [9.17, 15) is 0 Å². The second-order valence-electron chi connectivity index (χ2n) is 5.76. The van der Waals surface area contributed by atoms with E-state index in [2.05, 4.69) is 45.3 Å². The van der Waals surface area contributed by atoms with Gasteiger partial charge in [-0.25, -0.2) is 4.98 Å². The van der Waals surface area contributed by atoms with E-state index in [0.29, 0.717) is 11.3 Å². The molecule has 1 aromatic heterocycles. The molecular formula is C14H26N2S. The fourth-order valence-corrected chi connectivity index (χ4v) is 2.68. The van der Waals surface area contributed by atoms with Crippen LogP contribution in [0.4, 0.5) is 0 Å². The highest BCUT2D eigenvalue weighted by atomic mass is 32.1. The highest BCUT2D eigenvalue weighted by Crippen LogP contribution is 2.35. The summed E-state index contributed by atoms with van der Waals surface area (Å²) in [6, 6.07) is 0. The molecular weight excluding hydrogens is 228 g/mol. The zero-order valence-electron chi connectivity index (χ0n) is 11.8. The SMILES string of the molecule is CCCNCCc1csc(C(C)C(C)(C)C)n1. The lowest BCUT2D eigenvalue weighted by Gasteiger charge is -2.25. The van der Waals surface area contributed by atoms with Gasteiger partial charge in [0.25, 0.3) is 0 Å². The Morgan fingerprint density at radius 1 is 1.35 bits per heavy atom. The summed E-state index contributed by atoms with van der Waals surface area (Å²) in [5.41, 5.74) is 1.54. The Bertz CT molecular complexity index is 325. The maximum atomic E-state index is 4.75. The van der Waals surface area contributed by atoms with Gasteiger partial charge in [-0.15, -0.1) is 11.3 Å². The lowest BCUT2D eigenvalue weighted by molar-refractivity contribution is 0.338. The van der Waals surface area contributed by atoms with E-state index in [4.69, 9.17) is 4.98 Å². The predicted octanol–water partition coefficient (Wildman–Crippen LogP) is 3.83. The molecule has 1 atom stereocenters. The van der Waals surface area contributed by atoms with Crippen LogP contribution in [0.15, 0.2) is 5.38 Å². The number of hydrogen-bond donors (Lipinski definition) is 1. The summed E-state index contributed by atoms with van der Waals surface area (Å²) >= 11 is 1.81. The molecule has 0 radical (unpaired) electrons. The van der Waals surface area contributed by atoms with E-state index in [1.165, 1.54) is 17.1 Å². The van der Waals surface area contributed by atoms with Crippen molar-refractivity contribution in [1.29, 1.82) is 0 Å². The second-order valence-corrected chi connectivity index (χ2v) is 6.65. The molecule has 3 heteroatoms. The molecule has 1 aromatic rings. The van der Waals surface area contributed by atoms with Crippen LogP contribution in [0, 0.1) is 5.41 Å². The fourth-order valence-electron chi connectivity index (χ4n) is 1.53. The van der Waals surface area contributed by atoms with Gasteiger partial charge in [0.05, 0.1) is 10.7 Å². The average molecular weight is 254 g/mol. The van der Waals surface area contributed by atoms with E-state index in [1.54, 1.807) is 0 Å². The molecule has 0 bridgehead atoms. The van der Waals surface area contributed by atoms with Gasteiger partial charge in [-0.3, -0.25) is 0 Å². The largest absolute Gasteiger partial charge is 0.316 e. The quantitative estimate of drug-likeness (QED) is 0.780. The normalized spacial score (nSPS) is 13.9. The van der Waals surface area contributed by atoms with Gasteiger partial charge in [0.1, 0.15) is 0 Å². The molecule has 0 aliphatic carbocycles. The van der Waals surface area contributed by atoms with Gasteiger partial charge in [0.2, 0.25) is 0 Å². The maximum absolute atomic E-state index is 4.75. The standard InChI is InChI=1S/C14H26N2S/c1-6-8-15-9-7-12-10-17-13(16-12)11(2)14(3,4)5/h10-11,15H,6-9H2,1-5H3. The minimum atomic E-state index is 0.301. The van der Waals surface area contributed by atoms with Crippen LogP contribution in [0.1, 0.15) is 57.7 Å². The van der Waals surface area contributed by atoms with E-state index in [-0.39, 0.29) is 0 Å². The summed E-state index contributed by atoms with van der Waals surface area (Å²) in [6.45, 7) is 13.5. The Kier molecular flexibility index (Phi) is 5.60. The summed E-state index contributed by atoms with van der Waals surface area (Å²) in [5, 5.41) is 6.91. The average Bonchev–Trinajstić information content (AvgIpc) is 2.70. The molecule has 1 unspecified atom stereocenters. The molecule has 0 aliphatic rings. The van der Waals surface area contributed by atoms with Crippen LogP contribution in [0.2, 0.25) is 0 Å². The first-order chi connectivity index (χ1) is 7.95. The van der Waals surface area contributed by atoms with Crippen LogP contribution in [0.3, 0.4) is 0 Å². The van der Waals surface area contributed by atoms with Gasteiger partial charge < -0.3 is 5.32 Å². The molecule has 0 fully saturated rings. The first-order valence-corrected chi connectivity index (χ1v) is 7.48. The Hall–Kier alpha value is -0.410.